The third-order valence-corrected chi connectivity index (χ3v) is 5.30. The highest BCUT2D eigenvalue weighted by molar-refractivity contribution is 7.21. The van der Waals surface area contributed by atoms with Gasteiger partial charge in [-0.2, -0.15) is 18.3 Å². The zero-order valence-corrected chi connectivity index (χ0v) is 15.4. The van der Waals surface area contributed by atoms with E-state index in [4.69, 9.17) is 11.6 Å². The smallest absolute Gasteiger partial charge is 0.433 e. The first-order chi connectivity index (χ1) is 12.6. The van der Waals surface area contributed by atoms with Gasteiger partial charge in [0.25, 0.3) is 5.91 Å². The second-order valence-corrected chi connectivity index (χ2v) is 6.87. The summed E-state index contributed by atoms with van der Waals surface area (Å²) in [7, 11) is 2.34. The minimum absolute atomic E-state index is 0.220. The Morgan fingerprint density at radius 1 is 1.30 bits per heavy atom. The van der Waals surface area contributed by atoms with Crippen molar-refractivity contribution < 1.29 is 27.5 Å². The molecule has 2 heterocycles. The van der Waals surface area contributed by atoms with E-state index in [2.05, 4.69) is 15.2 Å². The standard InChI is InChI=1S/C16H11ClF3N3O3S/c1-23-11(16(18,19)20)6-9(22-23)14(24)21-7-3-4-8-10(5-7)27-13(12(8)17)15(25)26-2/h3-6H,1-2H3,(H,21,24). The average Bonchev–Trinajstić information content (AvgIpc) is 3.14. The molecule has 142 valence electrons. The van der Waals surface area contributed by atoms with Gasteiger partial charge in [0.15, 0.2) is 5.69 Å². The van der Waals surface area contributed by atoms with Crippen molar-refractivity contribution in [1.82, 2.24) is 9.78 Å². The van der Waals surface area contributed by atoms with Crippen LogP contribution in [0.15, 0.2) is 24.3 Å². The number of alkyl halides is 3. The SMILES string of the molecule is COC(=O)c1sc2cc(NC(=O)c3cc(C(F)(F)F)n(C)n3)ccc2c1Cl. The molecule has 0 aliphatic carbocycles. The molecule has 0 fully saturated rings. The van der Waals surface area contributed by atoms with Crippen molar-refractivity contribution in [1.29, 1.82) is 0 Å². The van der Waals surface area contributed by atoms with Gasteiger partial charge in [0, 0.05) is 28.9 Å². The first-order valence-corrected chi connectivity index (χ1v) is 8.54. The zero-order valence-electron chi connectivity index (χ0n) is 13.8. The van der Waals surface area contributed by atoms with E-state index in [-0.39, 0.29) is 15.6 Å². The Hall–Kier alpha value is -2.59. The number of halogens is 4. The second-order valence-electron chi connectivity index (χ2n) is 5.44. The van der Waals surface area contributed by atoms with Crippen LogP contribution >= 0.6 is 22.9 Å². The average molecular weight is 418 g/mol. The molecule has 11 heteroatoms. The van der Waals surface area contributed by atoms with Gasteiger partial charge >= 0.3 is 12.1 Å². The van der Waals surface area contributed by atoms with Gasteiger partial charge in [-0.05, 0) is 18.2 Å². The van der Waals surface area contributed by atoms with E-state index in [0.29, 0.717) is 26.5 Å². The molecule has 0 aliphatic heterocycles. The van der Waals surface area contributed by atoms with Crippen molar-refractivity contribution in [2.24, 2.45) is 7.05 Å². The number of aryl methyl sites for hydroxylation is 1. The largest absolute Gasteiger partial charge is 0.465 e. The van der Waals surface area contributed by atoms with Crippen molar-refractivity contribution >= 4 is 50.6 Å². The fourth-order valence-corrected chi connectivity index (χ4v) is 3.87. The monoisotopic (exact) mass is 417 g/mol. The summed E-state index contributed by atoms with van der Waals surface area (Å²) >= 11 is 7.23. The third kappa shape index (κ3) is 3.62. The fourth-order valence-electron chi connectivity index (χ4n) is 2.41. The molecule has 27 heavy (non-hydrogen) atoms. The molecule has 3 aromatic rings. The number of methoxy groups -OCH3 is 1. The highest BCUT2D eigenvalue weighted by Crippen LogP contribution is 2.37. The number of ether oxygens (including phenoxy) is 1. The molecule has 3 rings (SSSR count). The quantitative estimate of drug-likeness (QED) is 0.643. The number of benzene rings is 1. The van der Waals surface area contributed by atoms with Crippen molar-refractivity contribution in [3.63, 3.8) is 0 Å². The first-order valence-electron chi connectivity index (χ1n) is 7.34. The number of rotatable bonds is 3. The second kappa shape index (κ2) is 6.86. The number of hydrogen-bond donors (Lipinski definition) is 1. The van der Waals surface area contributed by atoms with Gasteiger partial charge in [0.2, 0.25) is 0 Å². The molecule has 0 bridgehead atoms. The van der Waals surface area contributed by atoms with Gasteiger partial charge in [-0.15, -0.1) is 11.3 Å². The van der Waals surface area contributed by atoms with Crippen molar-refractivity contribution in [2.45, 2.75) is 6.18 Å². The molecule has 0 aliphatic rings. The normalized spacial score (nSPS) is 11.6. The predicted octanol–water partition coefficient (Wildman–Crippen LogP) is 4.35. The van der Waals surface area contributed by atoms with Crippen LogP contribution in [-0.2, 0) is 18.0 Å². The molecular formula is C16H11ClF3N3O3S. The lowest BCUT2D eigenvalue weighted by atomic mass is 10.2. The lowest BCUT2D eigenvalue weighted by molar-refractivity contribution is -0.143. The number of carbonyl (C=O) groups excluding carboxylic acids is 2. The van der Waals surface area contributed by atoms with Crippen LogP contribution in [0.25, 0.3) is 10.1 Å². The summed E-state index contributed by atoms with van der Waals surface area (Å²) in [6, 6.07) is 5.35. The van der Waals surface area contributed by atoms with Gasteiger partial charge in [-0.3, -0.25) is 9.48 Å². The summed E-state index contributed by atoms with van der Waals surface area (Å²) in [5.41, 5.74) is -1.08. The summed E-state index contributed by atoms with van der Waals surface area (Å²) in [5, 5.41) is 6.90. The Bertz CT molecular complexity index is 1060. The summed E-state index contributed by atoms with van der Waals surface area (Å²) in [6.07, 6.45) is -4.61. The van der Waals surface area contributed by atoms with E-state index >= 15 is 0 Å². The number of esters is 1. The maximum absolute atomic E-state index is 12.8. The Balaban J connectivity index is 1.88. The topological polar surface area (TPSA) is 73.2 Å². The lowest BCUT2D eigenvalue weighted by Crippen LogP contribution is -2.13. The van der Waals surface area contributed by atoms with Gasteiger partial charge in [0.05, 0.1) is 12.1 Å². The van der Waals surface area contributed by atoms with Crippen molar-refractivity contribution in [3.05, 3.63) is 45.6 Å². The number of nitrogens with zero attached hydrogens (tertiary/aromatic N) is 2. The van der Waals surface area contributed by atoms with Gasteiger partial charge < -0.3 is 10.1 Å². The van der Waals surface area contributed by atoms with Crippen LogP contribution in [0, 0.1) is 0 Å². The molecule has 0 saturated heterocycles. The molecular weight excluding hydrogens is 407 g/mol. The van der Waals surface area contributed by atoms with Crippen LogP contribution in [0.4, 0.5) is 18.9 Å². The first kappa shape index (κ1) is 19.2. The van der Waals surface area contributed by atoms with Crippen LogP contribution in [0.1, 0.15) is 25.9 Å². The van der Waals surface area contributed by atoms with Gasteiger partial charge in [-0.1, -0.05) is 11.6 Å². The van der Waals surface area contributed by atoms with Crippen molar-refractivity contribution in [3.8, 4) is 0 Å². The van der Waals surface area contributed by atoms with Gasteiger partial charge in [-0.25, -0.2) is 4.79 Å². The number of thiophene rings is 1. The maximum Gasteiger partial charge on any atom is 0.433 e. The highest BCUT2D eigenvalue weighted by atomic mass is 35.5. The lowest BCUT2D eigenvalue weighted by Gasteiger charge is -2.04. The molecule has 2 aromatic heterocycles. The minimum atomic E-state index is -4.61. The number of hydrogen-bond acceptors (Lipinski definition) is 5. The van der Waals surface area contributed by atoms with Crippen LogP contribution in [0.3, 0.4) is 0 Å². The third-order valence-electron chi connectivity index (χ3n) is 3.66. The number of fused-ring (bicyclic) bond motifs is 1. The van der Waals surface area contributed by atoms with E-state index in [1.807, 2.05) is 0 Å². The molecule has 0 unspecified atom stereocenters. The van der Waals surface area contributed by atoms with Crippen LogP contribution in [-0.4, -0.2) is 28.8 Å². The predicted molar refractivity (Wildman–Crippen MR) is 94.3 cm³/mol. The summed E-state index contributed by atoms with van der Waals surface area (Å²) in [5.74, 6) is -1.38. The molecule has 0 spiro atoms. The Kier molecular flexibility index (Phi) is 4.87. The molecule has 1 amide bonds. The number of aromatic nitrogens is 2. The number of amides is 1. The summed E-state index contributed by atoms with van der Waals surface area (Å²) < 4.78 is 44.3. The highest BCUT2D eigenvalue weighted by Gasteiger charge is 2.35. The van der Waals surface area contributed by atoms with E-state index in [1.165, 1.54) is 13.2 Å². The molecule has 1 aromatic carbocycles. The van der Waals surface area contributed by atoms with E-state index < -0.39 is 23.7 Å². The molecule has 0 saturated carbocycles. The Morgan fingerprint density at radius 2 is 2.00 bits per heavy atom. The Labute approximate surface area is 159 Å². The van der Waals surface area contributed by atoms with Crippen LogP contribution < -0.4 is 5.32 Å². The summed E-state index contributed by atoms with van der Waals surface area (Å²) in [6.45, 7) is 0. The number of nitrogens with one attached hydrogen (secondary N) is 1. The maximum atomic E-state index is 12.8. The Morgan fingerprint density at radius 3 is 2.59 bits per heavy atom. The zero-order chi connectivity index (χ0) is 19.9. The van der Waals surface area contributed by atoms with E-state index in [9.17, 15) is 22.8 Å². The number of anilines is 1. The molecule has 6 nitrogen and oxygen atoms in total. The molecule has 0 atom stereocenters. The van der Waals surface area contributed by atoms with Gasteiger partial charge in [0.1, 0.15) is 10.6 Å². The van der Waals surface area contributed by atoms with Crippen LogP contribution in [0.5, 0.6) is 0 Å². The minimum Gasteiger partial charge on any atom is -0.465 e. The van der Waals surface area contributed by atoms with E-state index in [1.54, 1.807) is 12.1 Å². The molecule has 1 N–H and O–H groups in total. The summed E-state index contributed by atoms with van der Waals surface area (Å²) in [4.78, 5) is 24.1. The fraction of sp³-hybridized carbons (Fsp3) is 0.188. The molecule has 0 radical (unpaired) electrons. The van der Waals surface area contributed by atoms with E-state index in [0.717, 1.165) is 18.4 Å². The van der Waals surface area contributed by atoms with Crippen LogP contribution in [0.2, 0.25) is 5.02 Å². The van der Waals surface area contributed by atoms with Crippen molar-refractivity contribution in [2.75, 3.05) is 12.4 Å². The number of carbonyl (C=O) groups is 2.